The zero-order valence-electron chi connectivity index (χ0n) is 10.7. The minimum absolute atomic E-state index is 0.880. The summed E-state index contributed by atoms with van der Waals surface area (Å²) in [5.41, 5.74) is 1.26. The van der Waals surface area contributed by atoms with Crippen molar-refractivity contribution in [3.05, 3.63) is 17.3 Å². The quantitative estimate of drug-likeness (QED) is 0.801. The molecule has 0 aliphatic heterocycles. The molecule has 94 valence electrons. The van der Waals surface area contributed by atoms with E-state index in [-0.39, 0.29) is 0 Å². The van der Waals surface area contributed by atoms with Crippen molar-refractivity contribution in [2.45, 2.75) is 26.8 Å². The van der Waals surface area contributed by atoms with Crippen LogP contribution in [0.4, 0.5) is 5.82 Å². The van der Waals surface area contributed by atoms with Crippen molar-refractivity contribution >= 4 is 22.1 Å². The van der Waals surface area contributed by atoms with Crippen molar-refractivity contribution in [2.75, 3.05) is 25.0 Å². The SMILES string of the molecule is CCCNCc1c(N(C)CC)nc2sccn12. The number of hydrogen-bond acceptors (Lipinski definition) is 4. The topological polar surface area (TPSA) is 32.6 Å². The van der Waals surface area contributed by atoms with Crippen LogP contribution in [0.5, 0.6) is 0 Å². The van der Waals surface area contributed by atoms with Gasteiger partial charge in [-0.2, -0.15) is 0 Å². The summed E-state index contributed by atoms with van der Waals surface area (Å²) in [4.78, 5) is 7.96. The molecule has 0 atom stereocenters. The van der Waals surface area contributed by atoms with Crippen LogP contribution in [0.15, 0.2) is 11.6 Å². The first-order valence-electron chi connectivity index (χ1n) is 6.14. The van der Waals surface area contributed by atoms with Crippen LogP contribution in [-0.2, 0) is 6.54 Å². The summed E-state index contributed by atoms with van der Waals surface area (Å²) in [7, 11) is 2.09. The minimum atomic E-state index is 0.880. The largest absolute Gasteiger partial charge is 0.358 e. The fourth-order valence-corrected chi connectivity index (χ4v) is 2.55. The van der Waals surface area contributed by atoms with Gasteiger partial charge >= 0.3 is 0 Å². The van der Waals surface area contributed by atoms with Crippen LogP contribution in [-0.4, -0.2) is 29.5 Å². The summed E-state index contributed by atoms with van der Waals surface area (Å²) in [6, 6.07) is 0. The Kier molecular flexibility index (Phi) is 4.02. The fourth-order valence-electron chi connectivity index (χ4n) is 1.82. The first-order valence-corrected chi connectivity index (χ1v) is 7.02. The molecule has 0 fully saturated rings. The Morgan fingerprint density at radius 2 is 2.29 bits per heavy atom. The van der Waals surface area contributed by atoms with E-state index in [1.165, 1.54) is 5.69 Å². The van der Waals surface area contributed by atoms with Gasteiger partial charge in [-0.3, -0.25) is 4.40 Å². The van der Waals surface area contributed by atoms with Gasteiger partial charge in [0.05, 0.1) is 5.69 Å². The van der Waals surface area contributed by atoms with Gasteiger partial charge in [0.2, 0.25) is 0 Å². The van der Waals surface area contributed by atoms with Crippen molar-refractivity contribution in [1.82, 2.24) is 14.7 Å². The maximum Gasteiger partial charge on any atom is 0.195 e. The van der Waals surface area contributed by atoms with Gasteiger partial charge in [0.15, 0.2) is 10.8 Å². The smallest absolute Gasteiger partial charge is 0.195 e. The van der Waals surface area contributed by atoms with Crippen LogP contribution in [0, 0.1) is 0 Å². The molecule has 0 aliphatic carbocycles. The second-order valence-corrected chi connectivity index (χ2v) is 5.00. The molecule has 0 aliphatic rings. The number of nitrogens with zero attached hydrogens (tertiary/aromatic N) is 3. The van der Waals surface area contributed by atoms with Crippen molar-refractivity contribution in [2.24, 2.45) is 0 Å². The Labute approximate surface area is 106 Å². The molecule has 0 spiro atoms. The predicted octanol–water partition coefficient (Wildman–Crippen LogP) is 2.35. The number of fused-ring (bicyclic) bond motifs is 1. The lowest BCUT2D eigenvalue weighted by atomic mass is 10.3. The second kappa shape index (κ2) is 5.51. The van der Waals surface area contributed by atoms with E-state index >= 15 is 0 Å². The molecule has 17 heavy (non-hydrogen) atoms. The van der Waals surface area contributed by atoms with Crippen molar-refractivity contribution in [3.63, 3.8) is 0 Å². The van der Waals surface area contributed by atoms with Gasteiger partial charge in [-0.05, 0) is 19.9 Å². The fraction of sp³-hybridized carbons (Fsp3) is 0.583. The molecule has 0 aromatic carbocycles. The number of nitrogens with one attached hydrogen (secondary N) is 1. The molecule has 0 radical (unpaired) electrons. The highest BCUT2D eigenvalue weighted by Gasteiger charge is 2.14. The Balaban J connectivity index is 2.29. The molecule has 0 saturated carbocycles. The van der Waals surface area contributed by atoms with Crippen molar-refractivity contribution < 1.29 is 0 Å². The van der Waals surface area contributed by atoms with Gasteiger partial charge in [0, 0.05) is 31.7 Å². The molecule has 2 aromatic rings. The van der Waals surface area contributed by atoms with E-state index in [2.05, 4.69) is 52.1 Å². The summed E-state index contributed by atoms with van der Waals surface area (Å²) in [6.07, 6.45) is 3.26. The molecule has 2 heterocycles. The van der Waals surface area contributed by atoms with Crippen LogP contribution >= 0.6 is 11.3 Å². The maximum atomic E-state index is 4.69. The van der Waals surface area contributed by atoms with Crippen molar-refractivity contribution in [3.8, 4) is 0 Å². The van der Waals surface area contributed by atoms with E-state index < -0.39 is 0 Å². The Morgan fingerprint density at radius 3 is 3.00 bits per heavy atom. The minimum Gasteiger partial charge on any atom is -0.358 e. The molecule has 2 rings (SSSR count). The molecule has 0 amide bonds. The van der Waals surface area contributed by atoms with Gasteiger partial charge < -0.3 is 10.2 Å². The van der Waals surface area contributed by atoms with Crippen molar-refractivity contribution in [1.29, 1.82) is 0 Å². The van der Waals surface area contributed by atoms with Gasteiger partial charge in [-0.15, -0.1) is 11.3 Å². The molecule has 0 saturated heterocycles. The number of anilines is 1. The van der Waals surface area contributed by atoms with Crippen LogP contribution in [0.1, 0.15) is 26.0 Å². The molecule has 0 bridgehead atoms. The van der Waals surface area contributed by atoms with Crippen LogP contribution in [0.3, 0.4) is 0 Å². The van der Waals surface area contributed by atoms with E-state index in [0.717, 1.165) is 36.8 Å². The van der Waals surface area contributed by atoms with Gasteiger partial charge in [0.1, 0.15) is 0 Å². The Morgan fingerprint density at radius 1 is 1.47 bits per heavy atom. The maximum absolute atomic E-state index is 4.69. The first kappa shape index (κ1) is 12.4. The van der Waals surface area contributed by atoms with Gasteiger partial charge in [-0.25, -0.2) is 4.98 Å². The number of aromatic nitrogens is 2. The van der Waals surface area contributed by atoms with Crippen LogP contribution < -0.4 is 10.2 Å². The highest BCUT2D eigenvalue weighted by molar-refractivity contribution is 7.15. The first-order chi connectivity index (χ1) is 8.27. The third-order valence-electron chi connectivity index (χ3n) is 2.90. The van der Waals surface area contributed by atoms with Crippen LogP contribution in [0.2, 0.25) is 0 Å². The summed E-state index contributed by atoms with van der Waals surface area (Å²) >= 11 is 1.69. The highest BCUT2D eigenvalue weighted by Crippen LogP contribution is 2.23. The van der Waals surface area contributed by atoms with E-state index in [1.807, 2.05) is 0 Å². The number of hydrogen-bond donors (Lipinski definition) is 1. The summed E-state index contributed by atoms with van der Waals surface area (Å²) in [5, 5.41) is 5.54. The number of imidazole rings is 1. The highest BCUT2D eigenvalue weighted by atomic mass is 32.1. The Hall–Kier alpha value is -1.07. The lowest BCUT2D eigenvalue weighted by Gasteiger charge is -2.16. The summed E-state index contributed by atoms with van der Waals surface area (Å²) in [5.74, 6) is 1.10. The van der Waals surface area contributed by atoms with E-state index in [1.54, 1.807) is 11.3 Å². The zero-order valence-corrected chi connectivity index (χ0v) is 11.5. The molecule has 1 N–H and O–H groups in total. The average Bonchev–Trinajstić information content (AvgIpc) is 2.90. The lowest BCUT2D eigenvalue weighted by molar-refractivity contribution is 0.660. The van der Waals surface area contributed by atoms with Gasteiger partial charge in [0.25, 0.3) is 0 Å². The average molecular weight is 252 g/mol. The molecule has 0 unspecified atom stereocenters. The monoisotopic (exact) mass is 252 g/mol. The molecule has 2 aromatic heterocycles. The summed E-state index contributed by atoms with van der Waals surface area (Å²) < 4.78 is 2.19. The van der Waals surface area contributed by atoms with E-state index in [9.17, 15) is 0 Å². The van der Waals surface area contributed by atoms with E-state index in [4.69, 9.17) is 0 Å². The normalized spacial score (nSPS) is 11.2. The lowest BCUT2D eigenvalue weighted by Crippen LogP contribution is -2.21. The third-order valence-corrected chi connectivity index (χ3v) is 3.65. The number of thiazole rings is 1. The zero-order chi connectivity index (χ0) is 12.3. The molecule has 4 nitrogen and oxygen atoms in total. The van der Waals surface area contributed by atoms with Gasteiger partial charge in [-0.1, -0.05) is 6.92 Å². The number of rotatable bonds is 6. The third kappa shape index (κ3) is 2.45. The molecular formula is C12H20N4S. The molecule has 5 heteroatoms. The second-order valence-electron chi connectivity index (χ2n) is 4.13. The summed E-state index contributed by atoms with van der Waals surface area (Å²) in [6.45, 7) is 7.24. The van der Waals surface area contributed by atoms with Crippen LogP contribution in [0.25, 0.3) is 4.96 Å². The predicted molar refractivity (Wildman–Crippen MR) is 74.0 cm³/mol. The Bertz CT molecular complexity index is 474. The van der Waals surface area contributed by atoms with E-state index in [0.29, 0.717) is 0 Å². The molecular weight excluding hydrogens is 232 g/mol. The standard InChI is InChI=1S/C12H20N4S/c1-4-6-13-9-10-11(15(3)5-2)14-12-16(10)7-8-17-12/h7-8,13H,4-6,9H2,1-3H3.